The number of aryl methyl sites for hydroxylation is 1. The molecule has 6 nitrogen and oxygen atoms in total. The van der Waals surface area contributed by atoms with E-state index in [-0.39, 0.29) is 17.8 Å². The summed E-state index contributed by atoms with van der Waals surface area (Å²) in [5.74, 6) is -0.470. The Morgan fingerprint density at radius 2 is 1.90 bits per heavy atom. The molecule has 0 heterocycles. The zero-order valence-corrected chi connectivity index (χ0v) is 11.5. The molecule has 0 spiro atoms. The zero-order valence-electron chi connectivity index (χ0n) is 11.5. The van der Waals surface area contributed by atoms with Crippen molar-refractivity contribution in [1.82, 2.24) is 5.32 Å². The first-order valence-corrected chi connectivity index (χ1v) is 6.35. The van der Waals surface area contributed by atoms with E-state index >= 15 is 0 Å². The van der Waals surface area contributed by atoms with Crippen LogP contribution in [0.25, 0.3) is 0 Å². The Kier molecular flexibility index (Phi) is 4.18. The fraction of sp³-hybridized carbons (Fsp3) is 0.133. The van der Waals surface area contributed by atoms with Crippen LogP contribution in [0.3, 0.4) is 0 Å². The molecule has 0 aromatic heterocycles. The van der Waals surface area contributed by atoms with Crippen LogP contribution in [-0.4, -0.2) is 10.8 Å². The fourth-order valence-corrected chi connectivity index (χ4v) is 2.00. The van der Waals surface area contributed by atoms with Gasteiger partial charge in [-0.25, -0.2) is 0 Å². The largest absolute Gasteiger partial charge is 0.399 e. The van der Waals surface area contributed by atoms with E-state index in [0.717, 1.165) is 5.56 Å². The molecular formula is C15H15N3O3. The second-order valence-electron chi connectivity index (χ2n) is 4.65. The number of rotatable bonds is 4. The molecule has 0 saturated carbocycles. The van der Waals surface area contributed by atoms with Gasteiger partial charge in [0.1, 0.15) is 5.56 Å². The molecule has 0 aliphatic rings. The van der Waals surface area contributed by atoms with E-state index in [9.17, 15) is 14.9 Å². The Labute approximate surface area is 121 Å². The summed E-state index contributed by atoms with van der Waals surface area (Å²) in [4.78, 5) is 22.7. The second kappa shape index (κ2) is 6.04. The number of nitro benzene ring substituents is 1. The van der Waals surface area contributed by atoms with Crippen molar-refractivity contribution in [1.29, 1.82) is 0 Å². The Morgan fingerprint density at radius 1 is 1.24 bits per heavy atom. The number of carbonyl (C=O) groups is 1. The maximum atomic E-state index is 12.1. The lowest BCUT2D eigenvalue weighted by Gasteiger charge is -2.07. The molecule has 2 rings (SSSR count). The van der Waals surface area contributed by atoms with E-state index in [1.165, 1.54) is 6.07 Å². The predicted molar refractivity (Wildman–Crippen MR) is 79.9 cm³/mol. The van der Waals surface area contributed by atoms with Crippen LogP contribution in [0.15, 0.2) is 42.5 Å². The zero-order chi connectivity index (χ0) is 15.4. The number of anilines is 1. The minimum atomic E-state index is -0.534. The highest BCUT2D eigenvalue weighted by Crippen LogP contribution is 2.22. The smallest absolute Gasteiger partial charge is 0.285 e. The molecule has 2 aromatic rings. The standard InChI is InChI=1S/C15H15N3O3/c1-10-3-2-4-13(14(10)18(20)21)15(19)17-9-11-5-7-12(16)8-6-11/h2-8H,9,16H2,1H3,(H,17,19). The number of nitrogens with two attached hydrogens (primary N) is 1. The summed E-state index contributed by atoms with van der Waals surface area (Å²) in [5, 5.41) is 13.7. The minimum absolute atomic E-state index is 0.0652. The SMILES string of the molecule is Cc1cccc(C(=O)NCc2ccc(N)cc2)c1[N+](=O)[O-]. The van der Waals surface area contributed by atoms with E-state index in [4.69, 9.17) is 5.73 Å². The Morgan fingerprint density at radius 3 is 2.52 bits per heavy atom. The molecule has 0 saturated heterocycles. The van der Waals surface area contributed by atoms with Gasteiger partial charge < -0.3 is 11.1 Å². The van der Waals surface area contributed by atoms with Gasteiger partial charge in [0.05, 0.1) is 4.92 Å². The molecule has 0 aliphatic heterocycles. The molecule has 3 N–H and O–H groups in total. The third-order valence-electron chi connectivity index (χ3n) is 3.10. The highest BCUT2D eigenvalue weighted by Gasteiger charge is 2.21. The molecular weight excluding hydrogens is 270 g/mol. The monoisotopic (exact) mass is 285 g/mol. The maximum Gasteiger partial charge on any atom is 0.285 e. The van der Waals surface area contributed by atoms with Crippen LogP contribution in [0.1, 0.15) is 21.5 Å². The van der Waals surface area contributed by atoms with Gasteiger partial charge in [-0.1, -0.05) is 24.3 Å². The van der Waals surface area contributed by atoms with Crippen LogP contribution in [-0.2, 0) is 6.54 Å². The van der Waals surface area contributed by atoms with Crippen LogP contribution < -0.4 is 11.1 Å². The molecule has 0 unspecified atom stereocenters. The van der Waals surface area contributed by atoms with Gasteiger partial charge in [-0.2, -0.15) is 0 Å². The van der Waals surface area contributed by atoms with Gasteiger partial charge in [0.15, 0.2) is 0 Å². The van der Waals surface area contributed by atoms with E-state index in [2.05, 4.69) is 5.32 Å². The molecule has 2 aromatic carbocycles. The second-order valence-corrected chi connectivity index (χ2v) is 4.65. The summed E-state index contributed by atoms with van der Waals surface area (Å²) in [6.07, 6.45) is 0. The lowest BCUT2D eigenvalue weighted by Crippen LogP contribution is -2.24. The van der Waals surface area contributed by atoms with Gasteiger partial charge in [-0.05, 0) is 30.7 Å². The van der Waals surface area contributed by atoms with Crippen molar-refractivity contribution in [3.63, 3.8) is 0 Å². The Hall–Kier alpha value is -2.89. The number of nitrogens with zero attached hydrogens (tertiary/aromatic N) is 1. The van der Waals surface area contributed by atoms with Gasteiger partial charge in [0.25, 0.3) is 11.6 Å². The summed E-state index contributed by atoms with van der Waals surface area (Å²) in [6, 6.07) is 11.7. The first-order valence-electron chi connectivity index (χ1n) is 6.35. The number of hydrogen-bond donors (Lipinski definition) is 2. The summed E-state index contributed by atoms with van der Waals surface area (Å²) in [7, 11) is 0. The Bertz CT molecular complexity index is 681. The Balaban J connectivity index is 2.16. The fourth-order valence-electron chi connectivity index (χ4n) is 2.00. The average Bonchev–Trinajstić information content (AvgIpc) is 2.45. The molecule has 0 atom stereocenters. The van der Waals surface area contributed by atoms with Crippen molar-refractivity contribution in [2.24, 2.45) is 0 Å². The van der Waals surface area contributed by atoms with E-state index in [1.54, 1.807) is 43.3 Å². The van der Waals surface area contributed by atoms with Gasteiger partial charge in [-0.15, -0.1) is 0 Å². The first-order chi connectivity index (χ1) is 9.99. The van der Waals surface area contributed by atoms with Crippen molar-refractivity contribution in [3.05, 3.63) is 69.3 Å². The predicted octanol–water partition coefficient (Wildman–Crippen LogP) is 2.42. The minimum Gasteiger partial charge on any atom is -0.399 e. The third kappa shape index (κ3) is 3.36. The number of hydrogen-bond acceptors (Lipinski definition) is 4. The third-order valence-corrected chi connectivity index (χ3v) is 3.10. The van der Waals surface area contributed by atoms with Gasteiger partial charge in [0.2, 0.25) is 0 Å². The van der Waals surface area contributed by atoms with Crippen molar-refractivity contribution in [2.75, 3.05) is 5.73 Å². The lowest BCUT2D eigenvalue weighted by molar-refractivity contribution is -0.385. The van der Waals surface area contributed by atoms with Gasteiger partial charge >= 0.3 is 0 Å². The number of nitrogen functional groups attached to an aromatic ring is 1. The number of para-hydroxylation sites is 1. The van der Waals surface area contributed by atoms with Crippen molar-refractivity contribution < 1.29 is 9.72 Å². The molecule has 0 bridgehead atoms. The highest BCUT2D eigenvalue weighted by atomic mass is 16.6. The van der Waals surface area contributed by atoms with Crippen molar-refractivity contribution in [2.45, 2.75) is 13.5 Å². The number of amides is 1. The molecule has 0 fully saturated rings. The molecule has 0 radical (unpaired) electrons. The molecule has 108 valence electrons. The highest BCUT2D eigenvalue weighted by molar-refractivity contribution is 5.98. The van der Waals surface area contributed by atoms with E-state index in [0.29, 0.717) is 11.3 Å². The normalized spacial score (nSPS) is 10.1. The van der Waals surface area contributed by atoms with Crippen molar-refractivity contribution >= 4 is 17.3 Å². The number of nitrogens with one attached hydrogen (secondary N) is 1. The van der Waals surface area contributed by atoms with Crippen LogP contribution in [0.4, 0.5) is 11.4 Å². The molecule has 6 heteroatoms. The molecule has 1 amide bonds. The number of carbonyl (C=O) groups excluding carboxylic acids is 1. The van der Waals surface area contributed by atoms with Gasteiger partial charge in [-0.3, -0.25) is 14.9 Å². The quantitative estimate of drug-likeness (QED) is 0.512. The topological polar surface area (TPSA) is 98.3 Å². The van der Waals surface area contributed by atoms with Crippen LogP contribution in [0, 0.1) is 17.0 Å². The first kappa shape index (κ1) is 14.5. The summed E-state index contributed by atoms with van der Waals surface area (Å²) >= 11 is 0. The average molecular weight is 285 g/mol. The number of benzene rings is 2. The summed E-state index contributed by atoms with van der Waals surface area (Å²) in [6.45, 7) is 1.89. The lowest BCUT2D eigenvalue weighted by atomic mass is 10.1. The van der Waals surface area contributed by atoms with E-state index in [1.807, 2.05) is 0 Å². The van der Waals surface area contributed by atoms with Crippen LogP contribution in [0.2, 0.25) is 0 Å². The van der Waals surface area contributed by atoms with Crippen LogP contribution in [0.5, 0.6) is 0 Å². The summed E-state index contributed by atoms with van der Waals surface area (Å²) < 4.78 is 0. The van der Waals surface area contributed by atoms with Crippen LogP contribution >= 0.6 is 0 Å². The van der Waals surface area contributed by atoms with Crippen molar-refractivity contribution in [3.8, 4) is 0 Å². The summed E-state index contributed by atoms with van der Waals surface area (Å²) in [5.41, 5.74) is 7.45. The maximum absolute atomic E-state index is 12.1. The van der Waals surface area contributed by atoms with E-state index < -0.39 is 10.8 Å². The molecule has 21 heavy (non-hydrogen) atoms. The van der Waals surface area contributed by atoms with Gasteiger partial charge in [0, 0.05) is 17.8 Å². The number of nitro groups is 1. The molecule has 0 aliphatic carbocycles.